The number of benzene rings is 1. The molecule has 1 rings (SSSR count). The van der Waals surface area contributed by atoms with Crippen LogP contribution in [0.4, 0.5) is 13.6 Å². The van der Waals surface area contributed by atoms with Crippen LogP contribution < -0.4 is 5.32 Å². The van der Waals surface area contributed by atoms with Gasteiger partial charge in [-0.3, -0.25) is 0 Å². The summed E-state index contributed by atoms with van der Waals surface area (Å²) in [5.41, 5.74) is -3.81. The van der Waals surface area contributed by atoms with Crippen molar-refractivity contribution in [2.45, 2.75) is 90.2 Å². The van der Waals surface area contributed by atoms with Crippen LogP contribution in [0, 0.1) is 11.6 Å². The normalized spacial score (nSPS) is 16.2. The molecule has 0 aliphatic carbocycles. The molecule has 0 aliphatic rings. The molecule has 1 unspecified atom stereocenters. The average molecular weight is 533 g/mol. The van der Waals surface area contributed by atoms with Crippen LogP contribution in [0.3, 0.4) is 0 Å². The second kappa shape index (κ2) is 11.1. The summed E-state index contributed by atoms with van der Waals surface area (Å²) in [7, 11) is -1.50. The first-order valence-electron chi connectivity index (χ1n) is 11.7. The number of aliphatic hydroxyl groups excluding tert-OH is 1. The van der Waals surface area contributed by atoms with Gasteiger partial charge in [0.1, 0.15) is 17.2 Å². The number of aliphatic hydroxyl groups is 1. The maximum atomic E-state index is 14.2. The number of carbonyl (C=O) groups excluding carboxylic acids is 2. The predicted molar refractivity (Wildman–Crippen MR) is 136 cm³/mol. The highest BCUT2D eigenvalue weighted by molar-refractivity contribution is 6.77. The topological polar surface area (TPSA) is 97.3 Å². The van der Waals surface area contributed by atoms with E-state index in [1.807, 2.05) is 33.9 Å². The molecular formula is C25H42F2N2O6Si. The van der Waals surface area contributed by atoms with Crippen molar-refractivity contribution < 1.29 is 37.8 Å². The summed E-state index contributed by atoms with van der Waals surface area (Å²) in [4.78, 5) is 31.8. The Morgan fingerprint density at radius 1 is 1.00 bits per heavy atom. The molecule has 0 fully saturated rings. The lowest BCUT2D eigenvalue weighted by molar-refractivity contribution is -0.204. The summed E-state index contributed by atoms with van der Waals surface area (Å²) < 4.78 is 40.2. The van der Waals surface area contributed by atoms with Crippen molar-refractivity contribution in [3.63, 3.8) is 0 Å². The molecule has 36 heavy (non-hydrogen) atoms. The van der Waals surface area contributed by atoms with Crippen molar-refractivity contribution in [2.24, 2.45) is 0 Å². The summed E-state index contributed by atoms with van der Waals surface area (Å²) in [6, 6.07) is 2.90. The van der Waals surface area contributed by atoms with Crippen molar-refractivity contribution in [1.82, 2.24) is 10.0 Å². The van der Waals surface area contributed by atoms with E-state index in [0.29, 0.717) is 0 Å². The second-order valence-corrected chi connectivity index (χ2v) is 16.9. The van der Waals surface area contributed by atoms with E-state index in [1.165, 1.54) is 25.7 Å². The van der Waals surface area contributed by atoms with Gasteiger partial charge in [0, 0.05) is 6.07 Å². The Hall–Kier alpha value is -2.08. The Kier molecular flexibility index (Phi) is 9.87. The minimum atomic E-state index is -2.71. The smallest absolute Gasteiger partial charge is 0.408 e. The van der Waals surface area contributed by atoms with Gasteiger partial charge in [0.2, 0.25) is 0 Å². The first kappa shape index (κ1) is 31.9. The lowest BCUT2D eigenvalue weighted by atomic mass is 9.92. The number of nitrogens with zero attached hydrogens (tertiary/aromatic N) is 1. The zero-order chi connectivity index (χ0) is 28.3. The van der Waals surface area contributed by atoms with Gasteiger partial charge in [-0.1, -0.05) is 33.9 Å². The standard InChI is InChI=1S/C25H42F2N2O6Si/c1-22(2,3)35-21(32)28-24(7,17-12-18(26)14-19(27)13-17)16-34-29(36(10,11)23(4,5)6)25(8,15-30)20(31)33-9/h12-14,30H,15-16H2,1-11H3,(H,28,32)/t24?,25-/m0/s1. The molecular weight excluding hydrogens is 490 g/mol. The van der Waals surface area contributed by atoms with Gasteiger partial charge in [-0.05, 0) is 57.4 Å². The molecule has 0 aliphatic heterocycles. The lowest BCUT2D eigenvalue weighted by Gasteiger charge is -2.51. The Morgan fingerprint density at radius 2 is 1.50 bits per heavy atom. The van der Waals surface area contributed by atoms with Crippen molar-refractivity contribution in [3.8, 4) is 0 Å². The van der Waals surface area contributed by atoms with E-state index in [-0.39, 0.29) is 17.2 Å². The molecule has 206 valence electrons. The molecule has 0 spiro atoms. The van der Waals surface area contributed by atoms with Crippen molar-refractivity contribution in [3.05, 3.63) is 35.4 Å². The van der Waals surface area contributed by atoms with Gasteiger partial charge < -0.3 is 24.7 Å². The van der Waals surface area contributed by atoms with E-state index in [0.717, 1.165) is 18.2 Å². The summed E-state index contributed by atoms with van der Waals surface area (Å²) in [5.74, 6) is -2.38. The van der Waals surface area contributed by atoms with E-state index in [1.54, 1.807) is 20.8 Å². The number of rotatable bonds is 9. The Bertz CT molecular complexity index is 927. The zero-order valence-corrected chi connectivity index (χ0v) is 24.3. The fourth-order valence-electron chi connectivity index (χ4n) is 3.44. The van der Waals surface area contributed by atoms with E-state index < -0.39 is 55.2 Å². The Balaban J connectivity index is 3.61. The van der Waals surface area contributed by atoms with Crippen LogP contribution in [-0.4, -0.2) is 61.6 Å². The number of hydrogen-bond donors (Lipinski definition) is 2. The van der Waals surface area contributed by atoms with Crippen LogP contribution >= 0.6 is 0 Å². The minimum absolute atomic E-state index is 0.0878. The van der Waals surface area contributed by atoms with Crippen molar-refractivity contribution >= 4 is 20.3 Å². The molecule has 1 aromatic carbocycles. The number of hydrogen-bond acceptors (Lipinski definition) is 7. The van der Waals surface area contributed by atoms with Crippen molar-refractivity contribution in [2.75, 3.05) is 20.3 Å². The van der Waals surface area contributed by atoms with E-state index in [9.17, 15) is 23.5 Å². The molecule has 0 saturated carbocycles. The van der Waals surface area contributed by atoms with Crippen LogP contribution in [-0.2, 0) is 24.6 Å². The number of ether oxygens (including phenoxy) is 2. The summed E-state index contributed by atoms with van der Waals surface area (Å²) in [6.45, 7) is 17.0. The molecule has 0 bridgehead atoms. The average Bonchev–Trinajstić information content (AvgIpc) is 2.69. The van der Waals surface area contributed by atoms with E-state index >= 15 is 0 Å². The molecule has 11 heteroatoms. The van der Waals surface area contributed by atoms with Gasteiger partial charge in [-0.15, -0.1) is 0 Å². The summed E-state index contributed by atoms with van der Waals surface area (Å²) >= 11 is 0. The summed E-state index contributed by atoms with van der Waals surface area (Å²) in [6.07, 6.45) is -0.824. The largest absolute Gasteiger partial charge is 0.468 e. The number of alkyl carbamates (subject to hydrolysis) is 1. The summed E-state index contributed by atoms with van der Waals surface area (Å²) in [5, 5.41) is 12.6. The van der Waals surface area contributed by atoms with E-state index in [4.69, 9.17) is 14.3 Å². The highest BCUT2D eigenvalue weighted by atomic mass is 28.3. The second-order valence-electron chi connectivity index (χ2n) is 11.9. The first-order chi connectivity index (χ1) is 16.1. The van der Waals surface area contributed by atoms with Gasteiger partial charge >= 0.3 is 12.1 Å². The molecule has 0 saturated heterocycles. The monoisotopic (exact) mass is 532 g/mol. The Labute approximate surface area is 214 Å². The number of methoxy groups -OCH3 is 1. The van der Waals surface area contributed by atoms with Gasteiger partial charge in [0.05, 0.1) is 25.9 Å². The predicted octanol–water partition coefficient (Wildman–Crippen LogP) is 4.87. The van der Waals surface area contributed by atoms with Crippen molar-refractivity contribution in [1.29, 1.82) is 0 Å². The minimum Gasteiger partial charge on any atom is -0.468 e. The van der Waals surface area contributed by atoms with Crippen LogP contribution in [0.25, 0.3) is 0 Å². The van der Waals surface area contributed by atoms with E-state index in [2.05, 4.69) is 5.32 Å². The number of hydroxylamine groups is 1. The van der Waals surface area contributed by atoms with Crippen LogP contribution in [0.1, 0.15) is 61.0 Å². The molecule has 1 amide bonds. The fourth-order valence-corrected chi connectivity index (χ4v) is 5.84. The molecule has 1 aromatic rings. The van der Waals surface area contributed by atoms with Gasteiger partial charge in [0.15, 0.2) is 13.8 Å². The molecule has 0 radical (unpaired) electrons. The van der Waals surface area contributed by atoms with Gasteiger partial charge in [-0.25, -0.2) is 18.4 Å². The number of amides is 1. The third-order valence-electron chi connectivity index (χ3n) is 6.48. The number of nitrogens with one attached hydrogen (secondary N) is 1. The molecule has 8 nitrogen and oxygen atoms in total. The maximum Gasteiger partial charge on any atom is 0.408 e. The van der Waals surface area contributed by atoms with Gasteiger partial charge in [-0.2, -0.15) is 4.73 Å². The third kappa shape index (κ3) is 7.47. The van der Waals surface area contributed by atoms with Gasteiger partial charge in [0.25, 0.3) is 0 Å². The molecule has 0 aromatic heterocycles. The highest BCUT2D eigenvalue weighted by Gasteiger charge is 2.54. The highest BCUT2D eigenvalue weighted by Crippen LogP contribution is 2.42. The maximum absolute atomic E-state index is 14.2. The number of carbonyl (C=O) groups is 2. The SMILES string of the molecule is COC(=O)[C@](C)(CO)N(OCC(C)(NC(=O)OC(C)(C)C)c1cc(F)cc(F)c1)[Si](C)(C)C(C)(C)C. The van der Waals surface area contributed by atoms with Crippen LogP contribution in [0.15, 0.2) is 18.2 Å². The van der Waals surface area contributed by atoms with Crippen LogP contribution in [0.5, 0.6) is 0 Å². The third-order valence-corrected chi connectivity index (χ3v) is 11.8. The zero-order valence-electron chi connectivity index (χ0n) is 23.3. The van der Waals surface area contributed by atoms with Crippen LogP contribution in [0.2, 0.25) is 18.1 Å². The first-order valence-corrected chi connectivity index (χ1v) is 14.7. The lowest BCUT2D eigenvalue weighted by Crippen LogP contribution is -2.68. The quantitative estimate of drug-likeness (QED) is 0.266. The number of esters is 1. The molecule has 2 atom stereocenters. The number of halogens is 2. The fraction of sp³-hybridized carbons (Fsp3) is 0.680. The molecule has 2 N–H and O–H groups in total. The molecule has 0 heterocycles. The Morgan fingerprint density at radius 3 is 1.89 bits per heavy atom.